The van der Waals surface area contributed by atoms with Crippen molar-refractivity contribution in [1.82, 2.24) is 34.5 Å². The van der Waals surface area contributed by atoms with Crippen LogP contribution in [-0.4, -0.2) is 113 Å². The molecule has 0 aliphatic carbocycles. The van der Waals surface area contributed by atoms with E-state index in [1.54, 1.807) is 4.68 Å². The molecule has 1 saturated heterocycles. The molecule has 4 rings (SSSR count). The molecule has 8 unspecified atom stereocenters. The normalized spacial score (nSPS) is 22.5. The lowest BCUT2D eigenvalue weighted by atomic mass is 10.1. The fraction of sp³-hybridized carbons (Fsp3) is 0.774. The molecule has 10 N–H and O–H groups in total. The molecule has 0 bridgehead atoms. The lowest BCUT2D eigenvalue weighted by Gasteiger charge is -2.21. The highest BCUT2D eigenvalue weighted by atomic mass is 31.3. The van der Waals surface area contributed by atoms with Crippen LogP contribution in [0, 0.1) is 0 Å². The van der Waals surface area contributed by atoms with Gasteiger partial charge in [-0.1, -0.05) is 63.5 Å². The first-order chi connectivity index (χ1) is 33.1. The Morgan fingerprint density at radius 2 is 1.13 bits per heavy atom. The number of anilines is 1. The first-order valence-electron chi connectivity index (χ1n) is 21.7. The highest BCUT2D eigenvalue weighted by Gasteiger charge is 2.50. The molecule has 4 heterocycles. The summed E-state index contributed by atoms with van der Waals surface area (Å²) >= 11 is 0. The zero-order valence-electron chi connectivity index (χ0n) is 38.0. The fourth-order valence-corrected chi connectivity index (χ4v) is 15.0. The highest BCUT2D eigenvalue weighted by Crippen LogP contribution is 2.75. The summed E-state index contributed by atoms with van der Waals surface area (Å²) in [7, 11) is -40.7. The molecule has 0 aromatic carbocycles. The Kier molecular flexibility index (Phi) is 24.4. The third-order valence-electron chi connectivity index (χ3n) is 9.54. The number of hydrogen-bond acceptors (Lipinski definition) is 24. The molecular weight excluding hydrogens is 1100 g/mol. The second kappa shape index (κ2) is 28.0. The standard InChI is InChI=1S/C31H59N8O25P7/c1-2-3-17-55-65(41,42)56-19-14-11-15-25-21-38(37-36-25)16-12-9-7-5-4-6-8-10-13-18-57-66(43,44)60-68(47,48)62-70(51,52)64-71(53,54)63-69(49,50)61-67(45,46)58-22-27-26(40)20-28(59-27)39-24-35-29-30(32)33-23-34-31(29)39/h21,23-24,26-28,40H,2-20,22H2,1H3,(H,41,42)(H,43,44)(H,45,46)(H,47,48)(H,49,50)(H,51,52)(H,53,54)(H2,32,33,34)/t26?,27-,28-/m0/s1. The van der Waals surface area contributed by atoms with E-state index in [9.17, 15) is 71.3 Å². The van der Waals surface area contributed by atoms with Crippen molar-refractivity contribution in [1.29, 1.82) is 0 Å². The van der Waals surface area contributed by atoms with Gasteiger partial charge in [-0.05, 0) is 38.5 Å². The highest BCUT2D eigenvalue weighted by molar-refractivity contribution is 7.72. The molecule has 0 radical (unpaired) electrons. The summed E-state index contributed by atoms with van der Waals surface area (Å²) < 4.78 is 132. The van der Waals surface area contributed by atoms with Crippen molar-refractivity contribution in [3.05, 3.63) is 24.5 Å². The first kappa shape index (κ1) is 61.9. The van der Waals surface area contributed by atoms with Crippen molar-refractivity contribution < 1.29 is 116 Å². The van der Waals surface area contributed by atoms with Gasteiger partial charge in [-0.15, -0.1) is 5.10 Å². The molecule has 71 heavy (non-hydrogen) atoms. The van der Waals surface area contributed by atoms with Crippen LogP contribution in [-0.2, 0) is 89.3 Å². The van der Waals surface area contributed by atoms with Crippen molar-refractivity contribution in [3.8, 4) is 0 Å². The molecule has 3 aromatic rings. The summed E-state index contributed by atoms with van der Waals surface area (Å²) in [5, 5.41) is 18.7. The number of phosphoric acid groups is 7. The Hall–Kier alpha value is -1.62. The Balaban J connectivity index is 1.04. The number of aliphatic hydroxyl groups is 1. The average molecular weight is 1160 g/mol. The van der Waals surface area contributed by atoms with Crippen LogP contribution in [0.4, 0.5) is 5.82 Å². The van der Waals surface area contributed by atoms with Crippen LogP contribution in [0.15, 0.2) is 18.9 Å². The van der Waals surface area contributed by atoms with E-state index < -0.39 is 86.4 Å². The fourth-order valence-electron chi connectivity index (χ4n) is 6.35. The predicted molar refractivity (Wildman–Crippen MR) is 242 cm³/mol. The number of nitrogen functional groups attached to an aromatic ring is 1. The first-order valence-corrected chi connectivity index (χ1v) is 32.2. The third-order valence-corrected chi connectivity index (χ3v) is 19.8. The van der Waals surface area contributed by atoms with Gasteiger partial charge >= 0.3 is 54.8 Å². The van der Waals surface area contributed by atoms with Gasteiger partial charge in [-0.3, -0.25) is 27.3 Å². The molecule has 0 saturated carbocycles. The Labute approximate surface area is 405 Å². The van der Waals surface area contributed by atoms with E-state index in [-0.39, 0.29) is 43.0 Å². The molecule has 10 atom stereocenters. The zero-order valence-corrected chi connectivity index (χ0v) is 44.2. The van der Waals surface area contributed by atoms with Crippen LogP contribution in [0.2, 0.25) is 0 Å². The summed E-state index contributed by atoms with van der Waals surface area (Å²) in [5.74, 6) is 0.0412. The number of nitrogens with two attached hydrogens (primary N) is 1. The summed E-state index contributed by atoms with van der Waals surface area (Å²) in [5.41, 5.74) is 6.97. The van der Waals surface area contributed by atoms with E-state index in [1.165, 1.54) is 10.9 Å². The number of phosphoric ester groups is 3. The quantitative estimate of drug-likeness (QED) is 0.0242. The summed E-state index contributed by atoms with van der Waals surface area (Å²) in [6, 6.07) is 0. The molecule has 1 aliphatic rings. The molecule has 3 aromatic heterocycles. The van der Waals surface area contributed by atoms with Crippen LogP contribution in [0.25, 0.3) is 11.2 Å². The number of ether oxygens (including phenoxy) is 1. The summed E-state index contributed by atoms with van der Waals surface area (Å²) in [6.07, 6.45) is 10.6. The number of unbranched alkanes of at least 4 members (excludes halogenated alkanes) is 10. The smallest absolute Gasteiger partial charge is 0.390 e. The number of aliphatic hydroxyl groups excluding tert-OH is 1. The molecule has 1 aliphatic heterocycles. The zero-order chi connectivity index (χ0) is 52.6. The number of nitrogens with zero attached hydrogens (tertiary/aromatic N) is 7. The third kappa shape index (κ3) is 23.4. The van der Waals surface area contributed by atoms with E-state index in [0.29, 0.717) is 45.1 Å². The van der Waals surface area contributed by atoms with Crippen LogP contribution in [0.5, 0.6) is 0 Å². The Morgan fingerprint density at radius 3 is 1.70 bits per heavy atom. The number of fused-ring (bicyclic) bond motifs is 1. The number of aromatic nitrogens is 7. The number of imidazole rings is 1. The number of rotatable bonds is 37. The van der Waals surface area contributed by atoms with Crippen LogP contribution >= 0.6 is 54.8 Å². The number of aryl methyl sites for hydroxylation is 2. The van der Waals surface area contributed by atoms with Gasteiger partial charge in [0.25, 0.3) is 0 Å². The van der Waals surface area contributed by atoms with Crippen molar-refractivity contribution in [3.63, 3.8) is 0 Å². The largest absolute Gasteiger partial charge is 0.490 e. The minimum absolute atomic E-state index is 0.0412. The predicted octanol–water partition coefficient (Wildman–Crippen LogP) is 5.83. The van der Waals surface area contributed by atoms with Crippen molar-refractivity contribution in [2.75, 3.05) is 32.2 Å². The van der Waals surface area contributed by atoms with E-state index in [4.69, 9.17) is 19.5 Å². The van der Waals surface area contributed by atoms with Gasteiger partial charge in [0.1, 0.15) is 24.2 Å². The lowest BCUT2D eigenvalue weighted by molar-refractivity contribution is -0.0423. The van der Waals surface area contributed by atoms with Crippen LogP contribution in [0.3, 0.4) is 0 Å². The maximum Gasteiger partial charge on any atom is 0.490 e. The van der Waals surface area contributed by atoms with Crippen LogP contribution < -0.4 is 5.73 Å². The Morgan fingerprint density at radius 1 is 0.634 bits per heavy atom. The van der Waals surface area contributed by atoms with Crippen LogP contribution in [0.1, 0.15) is 109 Å². The average Bonchev–Trinajstić information content (AvgIpc) is 3.97. The second-order valence-corrected chi connectivity index (χ2v) is 26.3. The van der Waals surface area contributed by atoms with E-state index in [0.717, 1.165) is 57.0 Å². The van der Waals surface area contributed by atoms with Gasteiger partial charge in [-0.2, -0.15) is 21.6 Å². The van der Waals surface area contributed by atoms with Gasteiger partial charge in [0.2, 0.25) is 0 Å². The van der Waals surface area contributed by atoms with Gasteiger partial charge in [0.05, 0.1) is 44.6 Å². The van der Waals surface area contributed by atoms with Crippen molar-refractivity contribution in [2.45, 2.75) is 128 Å². The maximum absolute atomic E-state index is 12.4. The summed E-state index contributed by atoms with van der Waals surface area (Å²) in [6.45, 7) is 1.39. The topological polar surface area (TPSA) is 474 Å². The molecule has 1 fully saturated rings. The molecule has 40 heteroatoms. The minimum atomic E-state index is -6.46. The summed E-state index contributed by atoms with van der Waals surface area (Å²) in [4.78, 5) is 80.4. The van der Waals surface area contributed by atoms with E-state index >= 15 is 0 Å². The van der Waals surface area contributed by atoms with Crippen molar-refractivity contribution in [2.24, 2.45) is 0 Å². The minimum Gasteiger partial charge on any atom is -0.390 e. The van der Waals surface area contributed by atoms with E-state index in [2.05, 4.69) is 55.9 Å². The van der Waals surface area contributed by atoms with Gasteiger partial charge in [0.15, 0.2) is 11.5 Å². The molecular formula is C31H59N8O25P7. The molecule has 0 spiro atoms. The lowest BCUT2D eigenvalue weighted by Crippen LogP contribution is -2.26. The van der Waals surface area contributed by atoms with Gasteiger partial charge in [0, 0.05) is 19.2 Å². The van der Waals surface area contributed by atoms with Crippen molar-refractivity contribution >= 4 is 71.7 Å². The van der Waals surface area contributed by atoms with Gasteiger partial charge in [-0.25, -0.2) is 46.9 Å². The maximum atomic E-state index is 12.4. The molecule has 0 amide bonds. The Bertz CT molecular complexity index is 2500. The SMILES string of the molecule is CCCCOP(=O)(O)OCCCCc1cn(CCCCCCCCCCCOP(=O)(O)OP(=O)(O)OP(=O)(O)OP(=O)(O)OP(=O)(O)OP(=O)(O)OC[C@@H]2O[C@H](n3cnc4c(N)ncnc43)CC2O)nn1. The monoisotopic (exact) mass is 1160 g/mol. The van der Waals surface area contributed by atoms with Gasteiger partial charge < -0.3 is 49.8 Å². The number of hydrogen-bond donors (Lipinski definition) is 9. The molecule has 33 nitrogen and oxygen atoms in total. The molecule has 408 valence electrons. The second-order valence-electron chi connectivity index (χ2n) is 15.5. The van der Waals surface area contributed by atoms with E-state index in [1.807, 2.05) is 13.1 Å².